The summed E-state index contributed by atoms with van der Waals surface area (Å²) in [4.78, 5) is 13.8. The Bertz CT molecular complexity index is 721. The number of hydrogen-bond donors (Lipinski definition) is 2. The van der Waals surface area contributed by atoms with Crippen molar-refractivity contribution in [3.63, 3.8) is 0 Å². The maximum Gasteiger partial charge on any atom is 0.265 e. The summed E-state index contributed by atoms with van der Waals surface area (Å²) in [7, 11) is 0. The third kappa shape index (κ3) is 2.95. The fraction of sp³-hybridized carbons (Fsp3) is 0.133. The molecule has 0 aliphatic carbocycles. The van der Waals surface area contributed by atoms with E-state index in [2.05, 4.69) is 4.72 Å². The Hall–Kier alpha value is -2.38. The lowest BCUT2D eigenvalue weighted by atomic mass is 10.1. The first-order chi connectivity index (χ1) is 10.6. The Morgan fingerprint density at radius 1 is 1.18 bits per heavy atom. The Labute approximate surface area is 130 Å². The second kappa shape index (κ2) is 6.17. The van der Waals surface area contributed by atoms with Crippen molar-refractivity contribution in [3.8, 4) is 5.75 Å². The molecule has 22 heavy (non-hydrogen) atoms. The average molecular weight is 318 g/mol. The van der Waals surface area contributed by atoms with Gasteiger partial charge in [0.1, 0.15) is 11.4 Å². The van der Waals surface area contributed by atoms with E-state index in [-0.39, 0.29) is 12.5 Å². The molecule has 2 N–H and O–H groups in total. The van der Waals surface area contributed by atoms with Crippen LogP contribution in [0, 0.1) is 0 Å². The Balaban J connectivity index is 2.01. The number of para-hydroxylation sites is 1. The number of hydrogen-bond acceptors (Lipinski definition) is 3. The Kier molecular flexibility index (Phi) is 4.08. The minimum Gasteiger partial charge on any atom is -0.481 e. The third-order valence-electron chi connectivity index (χ3n) is 3.30. The first kappa shape index (κ1) is 14.6. The monoisotopic (exact) mass is 318 g/mol. The van der Waals surface area contributed by atoms with Crippen molar-refractivity contribution < 1.29 is 18.3 Å². The van der Waals surface area contributed by atoms with E-state index < -0.39 is 11.3 Å². The van der Waals surface area contributed by atoms with Crippen LogP contribution >= 0.6 is 0 Å². The Morgan fingerprint density at radius 2 is 1.95 bits per heavy atom. The van der Waals surface area contributed by atoms with Gasteiger partial charge in [0.2, 0.25) is 0 Å². The standard InChI is InChI=1S/C15H14N2O4S/c18-14-10-21-13-8-4-7-12(16-22(19)20)15(13)17(14)9-11-5-2-1-3-6-11/h1-8,16H,9-10H2,(H,19,20). The number of nitrogens with zero attached hydrogens (tertiary/aromatic N) is 1. The largest absolute Gasteiger partial charge is 0.481 e. The molecule has 6 nitrogen and oxygen atoms in total. The fourth-order valence-electron chi connectivity index (χ4n) is 2.37. The van der Waals surface area contributed by atoms with Crippen molar-refractivity contribution in [1.82, 2.24) is 0 Å². The van der Waals surface area contributed by atoms with Gasteiger partial charge in [0.15, 0.2) is 6.61 Å². The number of ether oxygens (including phenoxy) is 1. The summed E-state index contributed by atoms with van der Waals surface area (Å²) in [6.07, 6.45) is 0. The van der Waals surface area contributed by atoms with Crippen LogP contribution in [0.15, 0.2) is 48.5 Å². The Morgan fingerprint density at radius 3 is 2.68 bits per heavy atom. The highest BCUT2D eigenvalue weighted by atomic mass is 32.2. The average Bonchev–Trinajstić information content (AvgIpc) is 2.51. The van der Waals surface area contributed by atoms with E-state index in [1.165, 1.54) is 0 Å². The summed E-state index contributed by atoms with van der Waals surface area (Å²) < 4.78 is 28.0. The summed E-state index contributed by atoms with van der Waals surface area (Å²) in [5, 5.41) is 0. The summed E-state index contributed by atoms with van der Waals surface area (Å²) in [6.45, 7) is 0.318. The molecule has 0 saturated carbocycles. The zero-order valence-corrected chi connectivity index (χ0v) is 12.4. The molecule has 114 valence electrons. The van der Waals surface area contributed by atoms with E-state index >= 15 is 0 Å². The molecule has 0 spiro atoms. The minimum absolute atomic E-state index is 0.0501. The number of carbonyl (C=O) groups is 1. The van der Waals surface area contributed by atoms with Crippen molar-refractivity contribution in [2.75, 3.05) is 16.2 Å². The highest BCUT2D eigenvalue weighted by molar-refractivity contribution is 7.80. The van der Waals surface area contributed by atoms with Gasteiger partial charge in [0.05, 0.1) is 12.2 Å². The quantitative estimate of drug-likeness (QED) is 0.847. The normalized spacial score (nSPS) is 15.0. The van der Waals surface area contributed by atoms with Gasteiger partial charge < -0.3 is 4.74 Å². The van der Waals surface area contributed by atoms with Crippen LogP contribution in [0.2, 0.25) is 0 Å². The van der Waals surface area contributed by atoms with E-state index in [9.17, 15) is 9.00 Å². The minimum atomic E-state index is -2.23. The highest BCUT2D eigenvalue weighted by Crippen LogP contribution is 2.39. The van der Waals surface area contributed by atoms with E-state index in [1.54, 1.807) is 23.1 Å². The topological polar surface area (TPSA) is 78.9 Å². The van der Waals surface area contributed by atoms with Gasteiger partial charge in [0.25, 0.3) is 17.2 Å². The zero-order chi connectivity index (χ0) is 15.5. The lowest BCUT2D eigenvalue weighted by Gasteiger charge is -2.31. The van der Waals surface area contributed by atoms with Crippen LogP contribution in [-0.4, -0.2) is 21.3 Å². The fourth-order valence-corrected chi connectivity index (χ4v) is 2.72. The summed E-state index contributed by atoms with van der Waals surface area (Å²) in [6, 6.07) is 14.6. The molecule has 0 saturated heterocycles. The molecule has 2 aromatic carbocycles. The number of benzene rings is 2. The molecule has 7 heteroatoms. The van der Waals surface area contributed by atoms with Crippen molar-refractivity contribution in [1.29, 1.82) is 0 Å². The van der Waals surface area contributed by atoms with Crippen LogP contribution < -0.4 is 14.4 Å². The summed E-state index contributed by atoms with van der Waals surface area (Å²) >= 11 is -2.23. The van der Waals surface area contributed by atoms with Gasteiger partial charge >= 0.3 is 0 Å². The number of anilines is 2. The van der Waals surface area contributed by atoms with Crippen LogP contribution in [0.4, 0.5) is 11.4 Å². The smallest absolute Gasteiger partial charge is 0.265 e. The SMILES string of the molecule is O=C1COc2cccc(NS(=O)O)c2N1Cc1ccccc1. The maximum absolute atomic E-state index is 12.2. The van der Waals surface area contributed by atoms with Gasteiger partial charge in [-0.25, -0.2) is 4.21 Å². The van der Waals surface area contributed by atoms with E-state index in [1.807, 2.05) is 30.3 Å². The molecular weight excluding hydrogens is 304 g/mol. The second-order valence-electron chi connectivity index (χ2n) is 4.76. The molecule has 1 unspecified atom stereocenters. The third-order valence-corrected chi connectivity index (χ3v) is 3.70. The molecule has 1 heterocycles. The molecule has 1 amide bonds. The van der Waals surface area contributed by atoms with E-state index in [0.29, 0.717) is 23.7 Å². The lowest BCUT2D eigenvalue weighted by Crippen LogP contribution is -2.38. The number of amides is 1. The molecule has 2 aromatic rings. The van der Waals surface area contributed by atoms with Crippen LogP contribution in [0.5, 0.6) is 5.75 Å². The number of rotatable bonds is 4. The molecule has 0 radical (unpaired) electrons. The first-order valence-corrected chi connectivity index (χ1v) is 7.73. The van der Waals surface area contributed by atoms with Gasteiger partial charge in [-0.05, 0) is 17.7 Å². The lowest BCUT2D eigenvalue weighted by molar-refractivity contribution is -0.121. The molecule has 0 aromatic heterocycles. The van der Waals surface area contributed by atoms with Crippen LogP contribution in [-0.2, 0) is 22.6 Å². The van der Waals surface area contributed by atoms with Crippen molar-refractivity contribution in [2.24, 2.45) is 0 Å². The van der Waals surface area contributed by atoms with Gasteiger partial charge in [-0.1, -0.05) is 36.4 Å². The molecule has 3 rings (SSSR count). The van der Waals surface area contributed by atoms with Gasteiger partial charge in [-0.2, -0.15) is 0 Å². The van der Waals surface area contributed by atoms with Crippen molar-refractivity contribution >= 4 is 28.5 Å². The molecular formula is C15H14N2O4S. The zero-order valence-electron chi connectivity index (χ0n) is 11.6. The van der Waals surface area contributed by atoms with Crippen molar-refractivity contribution in [2.45, 2.75) is 6.54 Å². The summed E-state index contributed by atoms with van der Waals surface area (Å²) in [5.41, 5.74) is 1.82. The van der Waals surface area contributed by atoms with Crippen LogP contribution in [0.1, 0.15) is 5.56 Å². The number of nitrogens with one attached hydrogen (secondary N) is 1. The number of carbonyl (C=O) groups excluding carboxylic acids is 1. The first-order valence-electron chi connectivity index (χ1n) is 6.63. The van der Waals surface area contributed by atoms with Crippen molar-refractivity contribution in [3.05, 3.63) is 54.1 Å². The predicted octanol–water partition coefficient (Wildman–Crippen LogP) is 2.16. The molecule has 1 aliphatic rings. The molecule has 0 bridgehead atoms. The summed E-state index contributed by atoms with van der Waals surface area (Å²) in [5.74, 6) is 0.306. The number of fused-ring (bicyclic) bond motifs is 1. The van der Waals surface area contributed by atoms with E-state index in [0.717, 1.165) is 5.56 Å². The van der Waals surface area contributed by atoms with Gasteiger partial charge in [-0.3, -0.25) is 19.0 Å². The molecule has 1 atom stereocenters. The maximum atomic E-state index is 12.2. The van der Waals surface area contributed by atoms with Gasteiger partial charge in [0, 0.05) is 0 Å². The molecule has 1 aliphatic heterocycles. The van der Waals surface area contributed by atoms with Gasteiger partial charge in [-0.15, -0.1) is 0 Å². The highest BCUT2D eigenvalue weighted by Gasteiger charge is 2.28. The van der Waals surface area contributed by atoms with Crippen LogP contribution in [0.3, 0.4) is 0 Å². The van der Waals surface area contributed by atoms with E-state index in [4.69, 9.17) is 9.29 Å². The second-order valence-corrected chi connectivity index (χ2v) is 5.46. The molecule has 0 fully saturated rings. The van der Waals surface area contributed by atoms with Crippen LogP contribution in [0.25, 0.3) is 0 Å². The predicted molar refractivity (Wildman–Crippen MR) is 84.0 cm³/mol.